The first-order valence-electron chi connectivity index (χ1n) is 10.6. The molecular formula is C20H33ClN6OS. The Morgan fingerprint density at radius 1 is 1.24 bits per heavy atom. The van der Waals surface area contributed by atoms with Gasteiger partial charge in [0.1, 0.15) is 11.0 Å². The topological polar surface area (TPSA) is 64.6 Å². The maximum Gasteiger partial charge on any atom is 0.230 e. The van der Waals surface area contributed by atoms with Crippen LogP contribution in [-0.4, -0.2) is 90.8 Å². The van der Waals surface area contributed by atoms with E-state index in [1.54, 1.807) is 0 Å². The first-order valence-corrected chi connectivity index (χ1v) is 12.0. The number of aromatic nitrogens is 2. The second-order valence-electron chi connectivity index (χ2n) is 8.02. The minimum atomic E-state index is 0.0146. The molecule has 0 atom stereocenters. The standard InChI is InChI=1S/C20H33ClN6OS/c1-25-11-6-16(7-12-25)26(2)18-14-17(21)23-20(24-18)29-15-19(28)22-8-13-27-9-4-3-5-10-27/h14,16H,3-13,15H2,1-2H3,(H,22,28). The highest BCUT2D eigenvalue weighted by Gasteiger charge is 2.22. The van der Waals surface area contributed by atoms with Crippen molar-refractivity contribution in [2.45, 2.75) is 43.3 Å². The molecule has 0 bridgehead atoms. The van der Waals surface area contributed by atoms with E-state index in [-0.39, 0.29) is 5.91 Å². The van der Waals surface area contributed by atoms with Gasteiger partial charge in [0.05, 0.1) is 5.75 Å². The molecule has 2 aliphatic heterocycles. The summed E-state index contributed by atoms with van der Waals surface area (Å²) in [5, 5.41) is 3.98. The number of likely N-dealkylation sites (tertiary alicyclic amines) is 2. The van der Waals surface area contributed by atoms with Crippen molar-refractivity contribution in [3.05, 3.63) is 11.2 Å². The lowest BCUT2D eigenvalue weighted by molar-refractivity contribution is -0.118. The van der Waals surface area contributed by atoms with E-state index in [2.05, 4.69) is 44.1 Å². The Kier molecular flexibility index (Phi) is 8.84. The van der Waals surface area contributed by atoms with Gasteiger partial charge in [-0.05, 0) is 58.9 Å². The molecule has 9 heteroatoms. The predicted octanol–water partition coefficient (Wildman–Crippen LogP) is 2.35. The second kappa shape index (κ2) is 11.3. The highest BCUT2D eigenvalue weighted by atomic mass is 35.5. The molecule has 0 aliphatic carbocycles. The quantitative estimate of drug-likeness (QED) is 0.378. The van der Waals surface area contributed by atoms with Crippen LogP contribution in [0.3, 0.4) is 0 Å². The van der Waals surface area contributed by atoms with Crippen molar-refractivity contribution in [3.8, 4) is 0 Å². The van der Waals surface area contributed by atoms with Gasteiger partial charge in [0.15, 0.2) is 5.16 Å². The molecule has 2 aliphatic rings. The van der Waals surface area contributed by atoms with Gasteiger partial charge >= 0.3 is 0 Å². The van der Waals surface area contributed by atoms with Crippen LogP contribution < -0.4 is 10.2 Å². The molecule has 1 amide bonds. The lowest BCUT2D eigenvalue weighted by Gasteiger charge is -2.35. The van der Waals surface area contributed by atoms with Crippen molar-refractivity contribution in [3.63, 3.8) is 0 Å². The minimum Gasteiger partial charge on any atom is -0.356 e. The zero-order valence-electron chi connectivity index (χ0n) is 17.6. The molecule has 3 heterocycles. The third-order valence-electron chi connectivity index (χ3n) is 5.79. The number of carbonyl (C=O) groups excluding carboxylic acids is 1. The van der Waals surface area contributed by atoms with Crippen LogP contribution in [0.1, 0.15) is 32.1 Å². The summed E-state index contributed by atoms with van der Waals surface area (Å²) in [5.74, 6) is 1.14. The Morgan fingerprint density at radius 3 is 2.69 bits per heavy atom. The predicted molar refractivity (Wildman–Crippen MR) is 120 cm³/mol. The van der Waals surface area contributed by atoms with E-state index in [9.17, 15) is 4.79 Å². The number of piperidine rings is 2. The van der Waals surface area contributed by atoms with Gasteiger partial charge < -0.3 is 20.0 Å². The summed E-state index contributed by atoms with van der Waals surface area (Å²) >= 11 is 7.58. The first kappa shape index (κ1) is 22.6. The Morgan fingerprint density at radius 2 is 1.97 bits per heavy atom. The summed E-state index contributed by atoms with van der Waals surface area (Å²) in [6.07, 6.45) is 6.08. The average molecular weight is 441 g/mol. The number of amides is 1. The van der Waals surface area contributed by atoms with Crippen molar-refractivity contribution < 1.29 is 4.79 Å². The normalized spacial score (nSPS) is 19.3. The number of halogens is 1. The van der Waals surface area contributed by atoms with E-state index >= 15 is 0 Å². The van der Waals surface area contributed by atoms with Gasteiger partial charge in [-0.1, -0.05) is 29.8 Å². The van der Waals surface area contributed by atoms with Crippen LogP contribution in [0.5, 0.6) is 0 Å². The van der Waals surface area contributed by atoms with E-state index in [0.717, 1.165) is 51.4 Å². The van der Waals surface area contributed by atoms with Crippen LogP contribution in [0, 0.1) is 0 Å². The fourth-order valence-electron chi connectivity index (χ4n) is 3.92. The first-order chi connectivity index (χ1) is 14.0. The van der Waals surface area contributed by atoms with E-state index < -0.39 is 0 Å². The van der Waals surface area contributed by atoms with Crippen molar-refractivity contribution in [2.24, 2.45) is 0 Å². The number of hydrogen-bond acceptors (Lipinski definition) is 7. The number of hydrogen-bond donors (Lipinski definition) is 1. The molecule has 0 saturated carbocycles. The van der Waals surface area contributed by atoms with E-state index in [1.165, 1.54) is 31.0 Å². The molecule has 1 N–H and O–H groups in total. The monoisotopic (exact) mass is 440 g/mol. The van der Waals surface area contributed by atoms with E-state index in [4.69, 9.17) is 11.6 Å². The van der Waals surface area contributed by atoms with Gasteiger partial charge in [-0.15, -0.1) is 0 Å². The Bertz CT molecular complexity index is 664. The minimum absolute atomic E-state index is 0.0146. The van der Waals surface area contributed by atoms with Crippen molar-refractivity contribution in [1.29, 1.82) is 0 Å². The highest BCUT2D eigenvalue weighted by molar-refractivity contribution is 7.99. The highest BCUT2D eigenvalue weighted by Crippen LogP contribution is 2.25. The zero-order valence-corrected chi connectivity index (χ0v) is 19.1. The molecule has 0 aromatic carbocycles. The number of rotatable bonds is 8. The Labute approximate surface area is 183 Å². The molecule has 0 spiro atoms. The van der Waals surface area contributed by atoms with Crippen molar-refractivity contribution in [2.75, 3.05) is 64.0 Å². The summed E-state index contributed by atoms with van der Waals surface area (Å²) in [4.78, 5) is 28.1. The third kappa shape index (κ3) is 7.27. The van der Waals surface area contributed by atoms with E-state index in [1.807, 2.05) is 6.07 Å². The van der Waals surface area contributed by atoms with Gasteiger partial charge in [0.2, 0.25) is 5.91 Å². The van der Waals surface area contributed by atoms with Crippen LogP contribution in [0.4, 0.5) is 5.82 Å². The van der Waals surface area contributed by atoms with Crippen LogP contribution in [0.15, 0.2) is 11.2 Å². The summed E-state index contributed by atoms with van der Waals surface area (Å²) in [6, 6.07) is 2.26. The number of anilines is 1. The molecule has 29 heavy (non-hydrogen) atoms. The zero-order chi connectivity index (χ0) is 20.6. The smallest absolute Gasteiger partial charge is 0.230 e. The molecule has 1 aromatic rings. The maximum atomic E-state index is 12.2. The van der Waals surface area contributed by atoms with Crippen molar-refractivity contribution >= 4 is 35.1 Å². The average Bonchev–Trinajstić information content (AvgIpc) is 2.73. The maximum absolute atomic E-state index is 12.2. The summed E-state index contributed by atoms with van der Waals surface area (Å²) in [7, 11) is 4.22. The lowest BCUT2D eigenvalue weighted by atomic mass is 10.0. The summed E-state index contributed by atoms with van der Waals surface area (Å²) in [5.41, 5.74) is 0. The van der Waals surface area contributed by atoms with Crippen molar-refractivity contribution in [1.82, 2.24) is 25.1 Å². The molecule has 0 unspecified atom stereocenters. The molecular weight excluding hydrogens is 408 g/mol. The molecule has 3 rings (SSSR count). The molecule has 162 valence electrons. The third-order valence-corrected chi connectivity index (χ3v) is 6.83. The molecule has 2 saturated heterocycles. The SMILES string of the molecule is CN1CCC(N(C)c2cc(Cl)nc(SCC(=O)NCCN3CCCCC3)n2)CC1. The van der Waals surface area contributed by atoms with Gasteiger partial charge in [-0.25, -0.2) is 9.97 Å². The Balaban J connectivity index is 1.45. The van der Waals surface area contributed by atoms with Gasteiger partial charge in [0, 0.05) is 32.2 Å². The van der Waals surface area contributed by atoms with Gasteiger partial charge in [0.25, 0.3) is 0 Å². The molecule has 1 aromatic heterocycles. The van der Waals surface area contributed by atoms with Crippen LogP contribution in [-0.2, 0) is 4.79 Å². The fourth-order valence-corrected chi connectivity index (χ4v) is 4.83. The lowest BCUT2D eigenvalue weighted by Crippen LogP contribution is -2.42. The fraction of sp³-hybridized carbons (Fsp3) is 0.750. The summed E-state index contributed by atoms with van der Waals surface area (Å²) < 4.78 is 0. The van der Waals surface area contributed by atoms with Crippen LogP contribution in [0.2, 0.25) is 5.15 Å². The number of thioether (sulfide) groups is 1. The second-order valence-corrected chi connectivity index (χ2v) is 9.35. The number of nitrogens with one attached hydrogen (secondary N) is 1. The van der Waals surface area contributed by atoms with Gasteiger partial charge in [-0.2, -0.15) is 0 Å². The summed E-state index contributed by atoms with van der Waals surface area (Å²) in [6.45, 7) is 6.10. The number of carbonyl (C=O) groups is 1. The van der Waals surface area contributed by atoms with Gasteiger partial charge in [-0.3, -0.25) is 4.79 Å². The molecule has 7 nitrogen and oxygen atoms in total. The molecule has 2 fully saturated rings. The largest absolute Gasteiger partial charge is 0.356 e. The van der Waals surface area contributed by atoms with E-state index in [0.29, 0.717) is 28.6 Å². The van der Waals surface area contributed by atoms with Crippen LogP contribution >= 0.6 is 23.4 Å². The number of nitrogens with zero attached hydrogens (tertiary/aromatic N) is 5. The Hall–Kier alpha value is -1.09. The molecule has 0 radical (unpaired) electrons. The van der Waals surface area contributed by atoms with Crippen LogP contribution in [0.25, 0.3) is 0 Å².